The third kappa shape index (κ3) is 3.83. The number of aryl methyl sites for hydroxylation is 1. The van der Waals surface area contributed by atoms with Gasteiger partial charge in [0.05, 0.1) is 6.61 Å². The van der Waals surface area contributed by atoms with Crippen LogP contribution in [0.5, 0.6) is 0 Å². The molecule has 0 aliphatic carbocycles. The van der Waals surface area contributed by atoms with Crippen molar-refractivity contribution in [2.75, 3.05) is 7.11 Å². The number of rotatable bonds is 2. The summed E-state index contributed by atoms with van der Waals surface area (Å²) in [5, 5.41) is 0. The molecule has 1 aromatic carbocycles. The van der Waals surface area contributed by atoms with Crippen molar-refractivity contribution in [2.45, 2.75) is 13.5 Å². The third-order valence-corrected chi connectivity index (χ3v) is 1.30. The average Bonchev–Trinajstić information content (AvgIpc) is 1.88. The van der Waals surface area contributed by atoms with Crippen molar-refractivity contribution in [3.05, 3.63) is 35.4 Å². The first-order valence-electron chi connectivity index (χ1n) is 3.29. The molecule has 0 atom stereocenters. The van der Waals surface area contributed by atoms with Gasteiger partial charge in [-0.15, -0.1) is 0 Å². The molecule has 0 unspecified atom stereocenters. The maximum absolute atomic E-state index is 4.95. The molecular formula is C9H14BiO. The zero-order valence-corrected chi connectivity index (χ0v) is 12.6. The van der Waals surface area contributed by atoms with Gasteiger partial charge in [-0.2, -0.15) is 0 Å². The van der Waals surface area contributed by atoms with Gasteiger partial charge in [0.25, 0.3) is 0 Å². The Kier molecular flexibility index (Phi) is 5.71. The molecule has 0 aromatic heterocycles. The summed E-state index contributed by atoms with van der Waals surface area (Å²) in [5.74, 6) is 0. The van der Waals surface area contributed by atoms with E-state index in [9.17, 15) is 0 Å². The Morgan fingerprint density at radius 1 is 1.45 bits per heavy atom. The van der Waals surface area contributed by atoms with Gasteiger partial charge in [0, 0.05) is 7.11 Å². The molecule has 1 radical (unpaired) electrons. The normalized spacial score (nSPS) is 8.91. The quantitative estimate of drug-likeness (QED) is 0.718. The summed E-state index contributed by atoms with van der Waals surface area (Å²) in [6, 6.07) is 9.23. The number of methoxy groups -OCH3 is 1. The van der Waals surface area contributed by atoms with E-state index in [0.717, 1.165) is 11.1 Å². The molecule has 0 bridgehead atoms. The van der Waals surface area contributed by atoms with Gasteiger partial charge in [-0.3, -0.25) is 0 Å². The summed E-state index contributed by atoms with van der Waals surface area (Å²) in [6.07, 6.45) is 0. The van der Waals surface area contributed by atoms with Crippen molar-refractivity contribution in [2.24, 2.45) is 0 Å². The molecule has 0 amide bonds. The second-order valence-corrected chi connectivity index (χ2v) is 2.29. The van der Waals surface area contributed by atoms with Gasteiger partial charge < -0.3 is 4.74 Å². The van der Waals surface area contributed by atoms with Crippen LogP contribution in [0.1, 0.15) is 11.1 Å². The van der Waals surface area contributed by atoms with Gasteiger partial charge >= 0.3 is 26.2 Å². The zero-order chi connectivity index (χ0) is 7.40. The Balaban J connectivity index is 0.000001000. The molecule has 0 heterocycles. The van der Waals surface area contributed by atoms with E-state index < -0.39 is 0 Å². The first kappa shape index (κ1) is 11.1. The molecule has 0 aliphatic rings. The van der Waals surface area contributed by atoms with Gasteiger partial charge in [-0.25, -0.2) is 0 Å². The Hall–Kier alpha value is 0.0631. The Bertz CT molecular complexity index is 210. The minimum absolute atomic E-state index is 0. The predicted molar refractivity (Wildman–Crippen MR) is 50.7 cm³/mol. The van der Waals surface area contributed by atoms with E-state index in [1.54, 1.807) is 7.11 Å². The Morgan fingerprint density at radius 2 is 2.18 bits per heavy atom. The summed E-state index contributed by atoms with van der Waals surface area (Å²) in [6.45, 7) is 2.68. The van der Waals surface area contributed by atoms with Crippen molar-refractivity contribution < 1.29 is 4.74 Å². The van der Waals surface area contributed by atoms with Gasteiger partial charge in [-0.1, -0.05) is 18.2 Å². The van der Waals surface area contributed by atoms with Crippen molar-refractivity contribution in [3.63, 3.8) is 0 Å². The van der Waals surface area contributed by atoms with Crippen molar-refractivity contribution in [3.8, 4) is 0 Å². The molecular weight excluding hydrogens is 333 g/mol. The van der Waals surface area contributed by atoms with Gasteiger partial charge in [0.2, 0.25) is 0 Å². The number of hydrogen-bond donors (Lipinski definition) is 0. The van der Waals surface area contributed by atoms with Crippen LogP contribution in [-0.2, 0) is 11.3 Å². The summed E-state index contributed by atoms with van der Waals surface area (Å²) in [7, 11) is 1.69. The molecule has 0 N–H and O–H groups in total. The van der Waals surface area contributed by atoms with E-state index in [0.29, 0.717) is 6.61 Å². The van der Waals surface area contributed by atoms with Crippen molar-refractivity contribution in [1.82, 2.24) is 0 Å². The van der Waals surface area contributed by atoms with E-state index >= 15 is 0 Å². The topological polar surface area (TPSA) is 9.23 Å². The molecule has 1 rings (SSSR count). The number of benzene rings is 1. The first-order chi connectivity index (χ1) is 4.83. The first-order valence-corrected chi connectivity index (χ1v) is 3.29. The van der Waals surface area contributed by atoms with Gasteiger partial charge in [0.1, 0.15) is 0 Å². The molecule has 1 aromatic rings. The van der Waals surface area contributed by atoms with Gasteiger partial charge in [0.15, 0.2) is 0 Å². The third-order valence-electron chi connectivity index (χ3n) is 1.30. The molecule has 0 aliphatic heterocycles. The van der Waals surface area contributed by atoms with E-state index in [4.69, 9.17) is 4.74 Å². The molecule has 0 saturated heterocycles. The molecule has 0 spiro atoms. The molecule has 1 nitrogen and oxygen atoms in total. The van der Waals surface area contributed by atoms with Crippen LogP contribution in [0.25, 0.3) is 0 Å². The molecule has 0 saturated carbocycles. The summed E-state index contributed by atoms with van der Waals surface area (Å²) in [4.78, 5) is 0. The fourth-order valence-electron chi connectivity index (χ4n) is 0.885. The van der Waals surface area contributed by atoms with Crippen LogP contribution in [0.3, 0.4) is 0 Å². The maximum atomic E-state index is 4.95. The zero-order valence-electron chi connectivity index (χ0n) is 7.05. The molecule has 2 heteroatoms. The van der Waals surface area contributed by atoms with Crippen molar-refractivity contribution >= 4 is 26.2 Å². The minimum atomic E-state index is 0. The van der Waals surface area contributed by atoms with Crippen LogP contribution in [0, 0.1) is 13.0 Å². The Morgan fingerprint density at radius 3 is 2.73 bits per heavy atom. The van der Waals surface area contributed by atoms with E-state index in [1.165, 1.54) is 0 Å². The number of ether oxygens (including phenoxy) is 1. The summed E-state index contributed by atoms with van der Waals surface area (Å²) in [5.41, 5.74) is 2.28. The fraction of sp³-hybridized carbons (Fsp3) is 0.333. The number of hydrogen-bond acceptors (Lipinski definition) is 1. The molecule has 0 fully saturated rings. The van der Waals surface area contributed by atoms with Crippen LogP contribution < -0.4 is 0 Å². The molecule has 11 heavy (non-hydrogen) atoms. The summed E-state index contributed by atoms with van der Waals surface area (Å²) < 4.78 is 4.95. The standard InChI is InChI=1S/C9H11O.Bi.3H/c1-8-4-3-5-9(6-8)7-10-2;;;;/h3-5H,7H2,1-2H3;;;;. The second-order valence-electron chi connectivity index (χ2n) is 2.29. The fourth-order valence-corrected chi connectivity index (χ4v) is 0.885. The van der Waals surface area contributed by atoms with E-state index in [1.807, 2.05) is 25.1 Å². The molecule has 61 valence electrons. The second kappa shape index (κ2) is 5.68. The van der Waals surface area contributed by atoms with Crippen LogP contribution in [0.15, 0.2) is 18.2 Å². The SMILES string of the molecule is COCc1[c]c(C)ccc1.[BiH3]. The van der Waals surface area contributed by atoms with E-state index in [2.05, 4.69) is 6.07 Å². The van der Waals surface area contributed by atoms with Crippen molar-refractivity contribution in [1.29, 1.82) is 0 Å². The Labute approximate surface area is 86.9 Å². The predicted octanol–water partition coefficient (Wildman–Crippen LogP) is 0.758. The average molecular weight is 347 g/mol. The summed E-state index contributed by atoms with van der Waals surface area (Å²) >= 11 is 0. The van der Waals surface area contributed by atoms with Crippen LogP contribution in [0.4, 0.5) is 0 Å². The monoisotopic (exact) mass is 347 g/mol. The van der Waals surface area contributed by atoms with Crippen LogP contribution in [-0.4, -0.2) is 33.3 Å². The van der Waals surface area contributed by atoms with Crippen LogP contribution in [0.2, 0.25) is 0 Å². The van der Waals surface area contributed by atoms with Gasteiger partial charge in [-0.05, 0) is 24.1 Å². The van der Waals surface area contributed by atoms with Crippen LogP contribution >= 0.6 is 0 Å². The van der Waals surface area contributed by atoms with E-state index in [-0.39, 0.29) is 26.2 Å².